The molecule has 1 saturated heterocycles. The molecule has 1 fully saturated rings. The van der Waals surface area contributed by atoms with E-state index in [1.54, 1.807) is 14.1 Å². The Kier molecular flexibility index (Phi) is 5.44. The summed E-state index contributed by atoms with van der Waals surface area (Å²) in [6, 6.07) is 3.35. The zero-order chi connectivity index (χ0) is 19.9. The number of thiophene rings is 1. The summed E-state index contributed by atoms with van der Waals surface area (Å²) in [5.41, 5.74) is 7.27. The van der Waals surface area contributed by atoms with Gasteiger partial charge in [-0.05, 0) is 25.0 Å². The molecule has 0 unspecified atom stereocenters. The maximum atomic E-state index is 12.7. The standard InChI is InChI=1S/C17H25N5O3S2/c1-20(2)17(23)15-14(18)11-8-9-12(19-16(11)26-15)13-7-5-6-10-22(13)27(24,25)21(3)4/h8-9,13H,5-7,10,18H2,1-4H3/t13-/m0/s1. The highest BCUT2D eigenvalue weighted by Gasteiger charge is 2.35. The van der Waals surface area contributed by atoms with Gasteiger partial charge >= 0.3 is 0 Å². The maximum absolute atomic E-state index is 12.7. The number of carbonyl (C=O) groups excluding carboxylic acids is 1. The lowest BCUT2D eigenvalue weighted by Gasteiger charge is -2.35. The number of hydrogen-bond donors (Lipinski definition) is 1. The average Bonchev–Trinajstić information content (AvgIpc) is 2.96. The first kappa shape index (κ1) is 20.0. The van der Waals surface area contributed by atoms with E-state index in [1.165, 1.54) is 38.9 Å². The van der Waals surface area contributed by atoms with Crippen molar-refractivity contribution in [1.29, 1.82) is 0 Å². The van der Waals surface area contributed by atoms with Crippen molar-refractivity contribution in [2.24, 2.45) is 0 Å². The van der Waals surface area contributed by atoms with Crippen molar-refractivity contribution in [3.63, 3.8) is 0 Å². The third-order valence-electron chi connectivity index (χ3n) is 4.77. The third kappa shape index (κ3) is 3.54. The summed E-state index contributed by atoms with van der Waals surface area (Å²) >= 11 is 1.25. The Morgan fingerprint density at radius 3 is 2.59 bits per heavy atom. The van der Waals surface area contributed by atoms with Crippen LogP contribution in [0, 0.1) is 0 Å². The van der Waals surface area contributed by atoms with Crippen LogP contribution >= 0.6 is 11.3 Å². The zero-order valence-electron chi connectivity index (χ0n) is 16.0. The van der Waals surface area contributed by atoms with Gasteiger partial charge in [-0.1, -0.05) is 6.42 Å². The molecule has 3 heterocycles. The fourth-order valence-corrected chi connectivity index (χ4v) is 5.68. The number of fused-ring (bicyclic) bond motifs is 1. The fourth-order valence-electron chi connectivity index (χ4n) is 3.25. The minimum Gasteiger partial charge on any atom is -0.397 e. The number of piperidine rings is 1. The summed E-state index contributed by atoms with van der Waals surface area (Å²) in [7, 11) is 2.90. The topological polar surface area (TPSA) is 99.8 Å². The first-order valence-corrected chi connectivity index (χ1v) is 11.0. The summed E-state index contributed by atoms with van der Waals surface area (Å²) in [6.07, 6.45) is 2.50. The van der Waals surface area contributed by atoms with Crippen LogP contribution in [0.5, 0.6) is 0 Å². The van der Waals surface area contributed by atoms with Crippen molar-refractivity contribution in [2.45, 2.75) is 25.3 Å². The Morgan fingerprint density at radius 1 is 1.26 bits per heavy atom. The number of nitrogen functional groups attached to an aromatic ring is 1. The van der Waals surface area contributed by atoms with Gasteiger partial charge in [0.25, 0.3) is 16.1 Å². The molecule has 0 spiro atoms. The van der Waals surface area contributed by atoms with E-state index in [0.717, 1.165) is 24.6 Å². The zero-order valence-corrected chi connectivity index (χ0v) is 17.6. The Hall–Kier alpha value is -1.75. The van der Waals surface area contributed by atoms with Crippen LogP contribution in [0.4, 0.5) is 5.69 Å². The van der Waals surface area contributed by atoms with E-state index in [9.17, 15) is 13.2 Å². The first-order chi connectivity index (χ1) is 12.6. The van der Waals surface area contributed by atoms with E-state index in [4.69, 9.17) is 5.73 Å². The normalized spacial score (nSPS) is 18.9. The SMILES string of the molecule is CN(C)C(=O)c1sc2nc([C@@H]3CCCCN3S(=O)(=O)N(C)C)ccc2c1N. The fraction of sp³-hybridized carbons (Fsp3) is 0.529. The van der Waals surface area contributed by atoms with Crippen LogP contribution in [-0.4, -0.2) is 67.6 Å². The summed E-state index contributed by atoms with van der Waals surface area (Å²) in [4.78, 5) is 19.6. The van der Waals surface area contributed by atoms with Gasteiger partial charge in [-0.15, -0.1) is 11.3 Å². The number of nitrogens with zero attached hydrogens (tertiary/aromatic N) is 4. The molecule has 3 rings (SSSR count). The number of hydrogen-bond acceptors (Lipinski definition) is 6. The van der Waals surface area contributed by atoms with Crippen LogP contribution in [-0.2, 0) is 10.2 Å². The van der Waals surface area contributed by atoms with Crippen LogP contribution in [0.2, 0.25) is 0 Å². The Bertz CT molecular complexity index is 968. The molecular weight excluding hydrogens is 386 g/mol. The van der Waals surface area contributed by atoms with Crippen LogP contribution in [0.1, 0.15) is 40.7 Å². The average molecular weight is 412 g/mol. The molecule has 10 heteroatoms. The highest BCUT2D eigenvalue weighted by Crippen LogP contribution is 2.37. The number of pyridine rings is 1. The second kappa shape index (κ2) is 7.34. The van der Waals surface area contributed by atoms with Crippen molar-refractivity contribution < 1.29 is 13.2 Å². The minimum absolute atomic E-state index is 0.161. The summed E-state index contributed by atoms with van der Waals surface area (Å²) in [5, 5.41) is 0.728. The lowest BCUT2D eigenvalue weighted by molar-refractivity contribution is 0.0833. The van der Waals surface area contributed by atoms with Gasteiger partial charge in [0.2, 0.25) is 0 Å². The number of rotatable bonds is 4. The van der Waals surface area contributed by atoms with Gasteiger partial charge in [-0.25, -0.2) is 4.98 Å². The van der Waals surface area contributed by atoms with E-state index in [2.05, 4.69) is 4.98 Å². The lowest BCUT2D eigenvalue weighted by Crippen LogP contribution is -2.44. The van der Waals surface area contributed by atoms with Gasteiger partial charge in [-0.2, -0.15) is 17.0 Å². The summed E-state index contributed by atoms with van der Waals surface area (Å²) in [6.45, 7) is 0.474. The molecule has 0 aliphatic carbocycles. The van der Waals surface area contributed by atoms with E-state index >= 15 is 0 Å². The van der Waals surface area contributed by atoms with Crippen molar-refractivity contribution in [3.05, 3.63) is 22.7 Å². The van der Waals surface area contributed by atoms with Gasteiger partial charge in [0.1, 0.15) is 9.71 Å². The van der Waals surface area contributed by atoms with E-state index in [1.807, 2.05) is 12.1 Å². The van der Waals surface area contributed by atoms with Crippen LogP contribution in [0.3, 0.4) is 0 Å². The molecule has 0 radical (unpaired) electrons. The Labute approximate surface area is 163 Å². The van der Waals surface area contributed by atoms with Gasteiger partial charge in [0.15, 0.2) is 0 Å². The largest absolute Gasteiger partial charge is 0.397 e. The molecule has 8 nitrogen and oxygen atoms in total. The second-order valence-corrected chi connectivity index (χ2v) is 10.1. The number of amides is 1. The lowest BCUT2D eigenvalue weighted by atomic mass is 10.0. The van der Waals surface area contributed by atoms with E-state index in [-0.39, 0.29) is 11.9 Å². The number of carbonyl (C=O) groups is 1. The molecule has 2 N–H and O–H groups in total. The number of aromatic nitrogens is 1. The quantitative estimate of drug-likeness (QED) is 0.828. The Morgan fingerprint density at radius 2 is 1.96 bits per heavy atom. The van der Waals surface area contributed by atoms with Crippen LogP contribution < -0.4 is 5.73 Å². The van der Waals surface area contributed by atoms with Crippen molar-refractivity contribution in [3.8, 4) is 0 Å². The Balaban J connectivity index is 2.04. The van der Waals surface area contributed by atoms with E-state index < -0.39 is 10.2 Å². The molecule has 2 aromatic heterocycles. The van der Waals surface area contributed by atoms with Crippen LogP contribution in [0.15, 0.2) is 12.1 Å². The van der Waals surface area contributed by atoms with Gasteiger partial charge in [-0.3, -0.25) is 4.79 Å². The van der Waals surface area contributed by atoms with Crippen molar-refractivity contribution in [1.82, 2.24) is 18.5 Å². The van der Waals surface area contributed by atoms with Crippen molar-refractivity contribution >= 4 is 43.4 Å². The summed E-state index contributed by atoms with van der Waals surface area (Å²) < 4.78 is 28.2. The van der Waals surface area contributed by atoms with Gasteiger partial charge in [0, 0.05) is 40.1 Å². The second-order valence-electron chi connectivity index (χ2n) is 7.05. The number of nitrogens with two attached hydrogens (primary N) is 1. The molecular formula is C17H25N5O3S2. The molecule has 1 atom stereocenters. The minimum atomic E-state index is -3.53. The van der Waals surface area contributed by atoms with E-state index in [0.29, 0.717) is 27.6 Å². The number of anilines is 1. The predicted octanol–water partition coefficient (Wildman–Crippen LogP) is 1.91. The molecule has 0 saturated carbocycles. The predicted molar refractivity (Wildman–Crippen MR) is 108 cm³/mol. The molecule has 0 bridgehead atoms. The smallest absolute Gasteiger partial charge is 0.282 e. The monoisotopic (exact) mass is 411 g/mol. The highest BCUT2D eigenvalue weighted by molar-refractivity contribution is 7.86. The van der Waals surface area contributed by atoms with Crippen LogP contribution in [0.25, 0.3) is 10.2 Å². The molecule has 0 aromatic carbocycles. The van der Waals surface area contributed by atoms with Crippen molar-refractivity contribution in [2.75, 3.05) is 40.5 Å². The molecule has 1 aliphatic heterocycles. The summed E-state index contributed by atoms with van der Waals surface area (Å²) in [5.74, 6) is -0.161. The molecule has 2 aromatic rings. The molecule has 1 aliphatic rings. The van der Waals surface area contributed by atoms with Gasteiger partial charge < -0.3 is 10.6 Å². The molecule has 148 valence electrons. The first-order valence-electron chi connectivity index (χ1n) is 8.74. The third-order valence-corrected chi connectivity index (χ3v) is 7.82. The molecule has 1 amide bonds. The van der Waals surface area contributed by atoms with Gasteiger partial charge in [0.05, 0.1) is 17.4 Å². The molecule has 27 heavy (non-hydrogen) atoms. The maximum Gasteiger partial charge on any atom is 0.282 e. The highest BCUT2D eigenvalue weighted by atomic mass is 32.2.